The lowest BCUT2D eigenvalue weighted by Crippen LogP contribution is -2.56. The fourth-order valence-corrected chi connectivity index (χ4v) is 4.63. The SMILES string of the molecule is CCOC(=O)C(F)(F)Oc1ccc(Br)c2oc(N3CC4CCC(C3)N4C(=O)OC(C)(C)C)nc12. The van der Waals surface area contributed by atoms with E-state index in [1.807, 2.05) is 25.7 Å². The molecule has 2 atom stereocenters. The average Bonchev–Trinajstić information content (AvgIpc) is 3.29. The van der Waals surface area contributed by atoms with E-state index in [0.717, 1.165) is 12.8 Å². The third kappa shape index (κ3) is 4.77. The standard InChI is InChI=1S/C22H26BrF2N3O6/c1-5-31-18(29)22(24,25)33-15-9-8-14(23)17-16(15)26-19(32-17)27-10-12-6-7-13(11-27)28(12)20(30)34-21(2,3)4/h8-9,12-13H,5-7,10-11H2,1-4H3. The van der Waals surface area contributed by atoms with Gasteiger partial charge in [0.2, 0.25) is 0 Å². The van der Waals surface area contributed by atoms with Crippen LogP contribution in [0.15, 0.2) is 21.0 Å². The Morgan fingerprint density at radius 1 is 1.21 bits per heavy atom. The minimum absolute atomic E-state index is 0.0373. The number of oxazole rings is 1. The highest BCUT2D eigenvalue weighted by Gasteiger charge is 2.46. The number of rotatable bonds is 5. The Balaban J connectivity index is 1.57. The Labute approximate surface area is 203 Å². The molecule has 0 spiro atoms. The van der Waals surface area contributed by atoms with E-state index in [1.165, 1.54) is 19.1 Å². The van der Waals surface area contributed by atoms with E-state index in [1.54, 1.807) is 4.90 Å². The van der Waals surface area contributed by atoms with Gasteiger partial charge in [-0.15, -0.1) is 0 Å². The van der Waals surface area contributed by atoms with Crippen molar-refractivity contribution in [3.8, 4) is 5.75 Å². The van der Waals surface area contributed by atoms with Crippen LogP contribution in [0.2, 0.25) is 0 Å². The highest BCUT2D eigenvalue weighted by molar-refractivity contribution is 9.10. The minimum atomic E-state index is -4.19. The van der Waals surface area contributed by atoms with Crippen molar-refractivity contribution < 1.29 is 37.0 Å². The molecule has 2 aromatic rings. The molecule has 0 saturated carbocycles. The number of amides is 1. The number of alkyl halides is 2. The molecule has 2 aliphatic rings. The summed E-state index contributed by atoms with van der Waals surface area (Å²) in [7, 11) is 0. The molecular weight excluding hydrogens is 520 g/mol. The number of carbonyl (C=O) groups excluding carboxylic acids is 2. The predicted octanol–water partition coefficient (Wildman–Crippen LogP) is 4.71. The van der Waals surface area contributed by atoms with Gasteiger partial charge in [0, 0.05) is 13.1 Å². The molecular formula is C22H26BrF2N3O6. The normalized spacial score (nSPS) is 20.6. The van der Waals surface area contributed by atoms with Crippen LogP contribution in [0.5, 0.6) is 5.75 Å². The largest absolute Gasteiger partial charge is 0.502 e. The van der Waals surface area contributed by atoms with Gasteiger partial charge in [0.05, 0.1) is 23.2 Å². The van der Waals surface area contributed by atoms with Crippen LogP contribution < -0.4 is 9.64 Å². The molecule has 4 rings (SSSR count). The van der Waals surface area contributed by atoms with E-state index in [-0.39, 0.29) is 47.6 Å². The second-order valence-electron chi connectivity index (χ2n) is 9.24. The average molecular weight is 546 g/mol. The molecule has 2 aliphatic heterocycles. The quantitative estimate of drug-likeness (QED) is 0.498. The van der Waals surface area contributed by atoms with Crippen LogP contribution in [0.4, 0.5) is 19.6 Å². The van der Waals surface area contributed by atoms with E-state index in [0.29, 0.717) is 17.6 Å². The van der Waals surface area contributed by atoms with Gasteiger partial charge >= 0.3 is 18.2 Å². The number of fused-ring (bicyclic) bond motifs is 3. The summed E-state index contributed by atoms with van der Waals surface area (Å²) in [5.41, 5.74) is -0.355. The summed E-state index contributed by atoms with van der Waals surface area (Å²) >= 11 is 3.34. The van der Waals surface area contributed by atoms with Crippen molar-refractivity contribution in [3.05, 3.63) is 16.6 Å². The van der Waals surface area contributed by atoms with Crippen molar-refractivity contribution in [1.82, 2.24) is 9.88 Å². The number of aromatic nitrogens is 1. The van der Waals surface area contributed by atoms with Crippen molar-refractivity contribution in [1.29, 1.82) is 0 Å². The minimum Gasteiger partial charge on any atom is -0.459 e. The van der Waals surface area contributed by atoms with Crippen molar-refractivity contribution in [3.63, 3.8) is 0 Å². The summed E-state index contributed by atoms with van der Waals surface area (Å²) < 4.78 is 49.4. The molecule has 12 heteroatoms. The number of piperazine rings is 1. The van der Waals surface area contributed by atoms with Gasteiger partial charge in [-0.1, -0.05) is 0 Å². The Morgan fingerprint density at radius 2 is 1.85 bits per heavy atom. The predicted molar refractivity (Wildman–Crippen MR) is 121 cm³/mol. The van der Waals surface area contributed by atoms with E-state index in [9.17, 15) is 18.4 Å². The fraction of sp³-hybridized carbons (Fsp3) is 0.591. The molecule has 186 valence electrons. The van der Waals surface area contributed by atoms with Gasteiger partial charge < -0.3 is 23.5 Å². The zero-order valence-corrected chi connectivity index (χ0v) is 20.9. The van der Waals surface area contributed by atoms with Crippen LogP contribution in [0.25, 0.3) is 11.1 Å². The highest BCUT2D eigenvalue weighted by Crippen LogP contribution is 2.39. The number of halogens is 3. The molecule has 2 unspecified atom stereocenters. The van der Waals surface area contributed by atoms with Gasteiger partial charge in [-0.05, 0) is 68.6 Å². The lowest BCUT2D eigenvalue weighted by Gasteiger charge is -2.40. The summed E-state index contributed by atoms with van der Waals surface area (Å²) in [5, 5.41) is 0. The first-order valence-electron chi connectivity index (χ1n) is 11.0. The van der Waals surface area contributed by atoms with Gasteiger partial charge in [0.1, 0.15) is 5.60 Å². The van der Waals surface area contributed by atoms with Gasteiger partial charge in [-0.25, -0.2) is 9.59 Å². The Kier molecular flexibility index (Phi) is 6.38. The summed E-state index contributed by atoms with van der Waals surface area (Å²) in [6.07, 6.45) is -2.92. The third-order valence-corrected chi connectivity index (χ3v) is 6.18. The van der Waals surface area contributed by atoms with Gasteiger partial charge in [-0.3, -0.25) is 4.90 Å². The number of hydrogen-bond acceptors (Lipinski definition) is 8. The number of benzene rings is 1. The summed E-state index contributed by atoms with van der Waals surface area (Å²) in [5.74, 6) is -2.11. The second-order valence-corrected chi connectivity index (χ2v) is 10.1. The molecule has 1 amide bonds. The molecule has 0 radical (unpaired) electrons. The second kappa shape index (κ2) is 8.86. The first-order valence-corrected chi connectivity index (χ1v) is 11.8. The van der Waals surface area contributed by atoms with Crippen LogP contribution >= 0.6 is 15.9 Å². The van der Waals surface area contributed by atoms with Crippen molar-refractivity contribution >= 4 is 45.1 Å². The third-order valence-electron chi connectivity index (χ3n) is 5.56. The lowest BCUT2D eigenvalue weighted by atomic mass is 10.2. The van der Waals surface area contributed by atoms with Crippen LogP contribution in [0.3, 0.4) is 0 Å². The van der Waals surface area contributed by atoms with Crippen LogP contribution in [0.1, 0.15) is 40.5 Å². The molecule has 9 nitrogen and oxygen atoms in total. The zero-order valence-electron chi connectivity index (χ0n) is 19.3. The van der Waals surface area contributed by atoms with Crippen molar-refractivity contribution in [2.75, 3.05) is 24.6 Å². The molecule has 3 heterocycles. The van der Waals surface area contributed by atoms with Crippen LogP contribution in [-0.4, -0.2) is 65.4 Å². The Hall–Kier alpha value is -2.63. The van der Waals surface area contributed by atoms with Crippen molar-refractivity contribution in [2.24, 2.45) is 0 Å². The van der Waals surface area contributed by atoms with E-state index in [2.05, 4.69) is 25.7 Å². The monoisotopic (exact) mass is 545 g/mol. The van der Waals surface area contributed by atoms with Crippen LogP contribution in [-0.2, 0) is 14.3 Å². The maximum Gasteiger partial charge on any atom is 0.502 e. The molecule has 2 fully saturated rings. The molecule has 1 aromatic heterocycles. The number of nitrogens with zero attached hydrogens (tertiary/aromatic N) is 3. The molecule has 1 aromatic carbocycles. The van der Waals surface area contributed by atoms with E-state index >= 15 is 0 Å². The Morgan fingerprint density at radius 3 is 2.44 bits per heavy atom. The topological polar surface area (TPSA) is 94.3 Å². The smallest absolute Gasteiger partial charge is 0.459 e. The molecule has 0 aliphatic carbocycles. The number of carbonyl (C=O) groups is 2. The number of anilines is 1. The van der Waals surface area contributed by atoms with Crippen LogP contribution in [0, 0.1) is 0 Å². The Bertz CT molecular complexity index is 1090. The number of hydrogen-bond donors (Lipinski definition) is 0. The first-order chi connectivity index (χ1) is 15.9. The van der Waals surface area contributed by atoms with Gasteiger partial charge in [-0.2, -0.15) is 13.8 Å². The number of esters is 1. The maximum absolute atomic E-state index is 14.2. The molecule has 2 bridgehead atoms. The summed E-state index contributed by atoms with van der Waals surface area (Å²) in [6.45, 7) is 7.59. The van der Waals surface area contributed by atoms with Crippen molar-refractivity contribution in [2.45, 2.75) is 64.3 Å². The van der Waals surface area contributed by atoms with Gasteiger partial charge in [0.15, 0.2) is 16.8 Å². The lowest BCUT2D eigenvalue weighted by molar-refractivity contribution is -0.216. The fourth-order valence-electron chi connectivity index (χ4n) is 4.23. The molecule has 2 saturated heterocycles. The van der Waals surface area contributed by atoms with E-state index < -0.39 is 17.7 Å². The first kappa shape index (κ1) is 24.5. The summed E-state index contributed by atoms with van der Waals surface area (Å²) in [6, 6.07) is 2.78. The van der Waals surface area contributed by atoms with E-state index in [4.69, 9.17) is 13.9 Å². The highest BCUT2D eigenvalue weighted by atomic mass is 79.9. The van der Waals surface area contributed by atoms with Gasteiger partial charge in [0.25, 0.3) is 6.01 Å². The molecule has 0 N–H and O–H groups in total. The molecule has 34 heavy (non-hydrogen) atoms. The summed E-state index contributed by atoms with van der Waals surface area (Å²) in [4.78, 5) is 32.3. The number of ether oxygens (including phenoxy) is 3. The maximum atomic E-state index is 14.2. The zero-order chi connectivity index (χ0) is 24.8.